The Morgan fingerprint density at radius 1 is 1.09 bits per heavy atom. The predicted molar refractivity (Wildman–Crippen MR) is 138 cm³/mol. The Hall–Kier alpha value is -3.28. The van der Waals surface area contributed by atoms with Gasteiger partial charge in [0, 0.05) is 24.0 Å². The van der Waals surface area contributed by atoms with Gasteiger partial charge in [0.15, 0.2) is 0 Å². The first-order chi connectivity index (χ1) is 17.0. The fraction of sp³-hybridized carbons (Fsp3) is 0.448. The van der Waals surface area contributed by atoms with Crippen LogP contribution in [0, 0.1) is 0 Å². The second kappa shape index (κ2) is 9.76. The van der Waals surface area contributed by atoms with Gasteiger partial charge in [-0.2, -0.15) is 0 Å². The SMILES string of the molecule is COc1ccc2cc3n(c2c1)CC(C)(C(=O)NC1CCCCC1)N(CCCc1ccccc1)C3=O. The molecule has 0 radical (unpaired) electrons. The van der Waals surface area contributed by atoms with E-state index in [9.17, 15) is 9.59 Å². The van der Waals surface area contributed by atoms with Gasteiger partial charge in [-0.05, 0) is 56.4 Å². The number of benzene rings is 2. The molecule has 1 atom stereocenters. The largest absolute Gasteiger partial charge is 0.497 e. The number of carbonyl (C=O) groups excluding carboxylic acids is 2. The van der Waals surface area contributed by atoms with Gasteiger partial charge in [0.25, 0.3) is 5.91 Å². The fourth-order valence-electron chi connectivity index (χ4n) is 5.68. The monoisotopic (exact) mass is 473 g/mol. The van der Waals surface area contributed by atoms with Gasteiger partial charge in [0.2, 0.25) is 5.91 Å². The number of fused-ring (bicyclic) bond motifs is 3. The van der Waals surface area contributed by atoms with Gasteiger partial charge in [0.05, 0.1) is 19.2 Å². The van der Waals surface area contributed by atoms with Crippen LogP contribution in [0.1, 0.15) is 61.5 Å². The molecule has 2 aromatic carbocycles. The molecular weight excluding hydrogens is 438 g/mol. The topological polar surface area (TPSA) is 63.6 Å². The van der Waals surface area contributed by atoms with Crippen LogP contribution in [0.5, 0.6) is 5.75 Å². The van der Waals surface area contributed by atoms with Gasteiger partial charge in [-0.25, -0.2) is 0 Å². The Morgan fingerprint density at radius 3 is 2.60 bits per heavy atom. The minimum absolute atomic E-state index is 0.0483. The number of aryl methyl sites for hydroxylation is 1. The van der Waals surface area contributed by atoms with E-state index >= 15 is 0 Å². The summed E-state index contributed by atoms with van der Waals surface area (Å²) in [6, 6.07) is 18.3. The second-order valence-electron chi connectivity index (χ2n) is 10.2. The zero-order valence-corrected chi connectivity index (χ0v) is 20.8. The average Bonchev–Trinajstić information content (AvgIpc) is 3.24. The number of carbonyl (C=O) groups is 2. The molecule has 184 valence electrons. The molecule has 2 aliphatic rings. The van der Waals surface area contributed by atoms with Crippen LogP contribution in [0.4, 0.5) is 0 Å². The highest BCUT2D eigenvalue weighted by molar-refractivity contribution is 6.03. The lowest BCUT2D eigenvalue weighted by Gasteiger charge is -2.45. The quantitative estimate of drug-likeness (QED) is 0.528. The summed E-state index contributed by atoms with van der Waals surface area (Å²) in [5, 5.41) is 4.29. The van der Waals surface area contributed by atoms with Crippen LogP contribution in [0.2, 0.25) is 0 Å². The van der Waals surface area contributed by atoms with Crippen LogP contribution in [-0.2, 0) is 17.8 Å². The van der Waals surface area contributed by atoms with Gasteiger partial charge in [-0.1, -0.05) is 49.6 Å². The molecule has 1 aliphatic heterocycles. The Kier molecular flexibility index (Phi) is 6.54. The van der Waals surface area contributed by atoms with Crippen molar-refractivity contribution < 1.29 is 14.3 Å². The van der Waals surface area contributed by atoms with Crippen molar-refractivity contribution in [2.45, 2.75) is 70.0 Å². The maximum Gasteiger partial charge on any atom is 0.271 e. The van der Waals surface area contributed by atoms with Crippen LogP contribution in [-0.4, -0.2) is 46.5 Å². The number of hydrogen-bond acceptors (Lipinski definition) is 3. The van der Waals surface area contributed by atoms with Gasteiger partial charge in [-0.3, -0.25) is 9.59 Å². The lowest BCUT2D eigenvalue weighted by atomic mass is 9.91. The summed E-state index contributed by atoms with van der Waals surface area (Å²) in [5.74, 6) is 0.609. The average molecular weight is 474 g/mol. The van der Waals surface area contributed by atoms with E-state index in [4.69, 9.17) is 4.74 Å². The van der Waals surface area contributed by atoms with Crippen molar-refractivity contribution in [3.05, 3.63) is 65.9 Å². The summed E-state index contributed by atoms with van der Waals surface area (Å²) in [6.45, 7) is 2.89. The van der Waals surface area contributed by atoms with Crippen molar-refractivity contribution in [3.63, 3.8) is 0 Å². The van der Waals surface area contributed by atoms with E-state index in [-0.39, 0.29) is 17.9 Å². The summed E-state index contributed by atoms with van der Waals surface area (Å²) in [6.07, 6.45) is 7.22. The molecule has 6 nitrogen and oxygen atoms in total. The van der Waals surface area contributed by atoms with Gasteiger partial charge in [0.1, 0.15) is 17.0 Å². The lowest BCUT2D eigenvalue weighted by Crippen LogP contribution is -2.65. The molecule has 2 heterocycles. The molecule has 0 spiro atoms. The van der Waals surface area contributed by atoms with Gasteiger partial charge < -0.3 is 19.5 Å². The van der Waals surface area contributed by atoms with E-state index < -0.39 is 5.54 Å². The molecule has 1 aliphatic carbocycles. The molecule has 1 N–H and O–H groups in total. The smallest absolute Gasteiger partial charge is 0.271 e. The lowest BCUT2D eigenvalue weighted by molar-refractivity contribution is -0.133. The number of nitrogens with zero attached hydrogens (tertiary/aromatic N) is 2. The zero-order valence-electron chi connectivity index (χ0n) is 20.8. The predicted octanol–water partition coefficient (Wildman–Crippen LogP) is 4.95. The van der Waals surface area contributed by atoms with Crippen molar-refractivity contribution in [2.75, 3.05) is 13.7 Å². The van der Waals surface area contributed by atoms with E-state index in [0.29, 0.717) is 18.8 Å². The Bertz CT molecular complexity index is 1210. The second-order valence-corrected chi connectivity index (χ2v) is 10.2. The number of aromatic nitrogens is 1. The van der Waals surface area contributed by atoms with E-state index in [1.807, 2.05) is 58.9 Å². The Morgan fingerprint density at radius 2 is 1.86 bits per heavy atom. The molecule has 3 aromatic rings. The minimum Gasteiger partial charge on any atom is -0.497 e. The molecule has 1 fully saturated rings. The molecule has 5 rings (SSSR count). The minimum atomic E-state index is -0.965. The van der Waals surface area contributed by atoms with Crippen LogP contribution < -0.4 is 10.1 Å². The first-order valence-electron chi connectivity index (χ1n) is 12.8. The molecule has 1 unspecified atom stereocenters. The zero-order chi connectivity index (χ0) is 24.4. The third-order valence-corrected chi connectivity index (χ3v) is 7.76. The first-order valence-corrected chi connectivity index (χ1v) is 12.8. The standard InChI is InChI=1S/C29H35N3O3/c1-29(28(34)30-23-13-7-4-8-14-23)20-31-25-19-24(35-2)16-15-22(25)18-26(31)27(33)32(29)17-9-12-21-10-5-3-6-11-21/h3,5-6,10-11,15-16,18-19,23H,4,7-9,12-14,17,20H2,1-2H3,(H,30,34). The van der Waals surface area contributed by atoms with Crippen molar-refractivity contribution in [2.24, 2.45) is 0 Å². The van der Waals surface area contributed by atoms with Crippen LogP contribution in [0.3, 0.4) is 0 Å². The van der Waals surface area contributed by atoms with Crippen molar-refractivity contribution in [1.82, 2.24) is 14.8 Å². The third kappa shape index (κ3) is 4.54. The number of rotatable bonds is 7. The van der Waals surface area contributed by atoms with Crippen molar-refractivity contribution >= 4 is 22.7 Å². The molecule has 0 bridgehead atoms. The summed E-state index contributed by atoms with van der Waals surface area (Å²) in [4.78, 5) is 29.5. The Balaban J connectivity index is 1.46. The summed E-state index contributed by atoms with van der Waals surface area (Å²) in [5.41, 5.74) is 1.84. The Labute approximate surface area is 207 Å². The number of amides is 2. The molecule has 0 saturated heterocycles. The van der Waals surface area contributed by atoms with E-state index in [2.05, 4.69) is 17.4 Å². The highest BCUT2D eigenvalue weighted by Gasteiger charge is 2.47. The normalized spacial score (nSPS) is 20.6. The molecule has 1 aromatic heterocycles. The van der Waals surface area contributed by atoms with Crippen molar-refractivity contribution in [1.29, 1.82) is 0 Å². The third-order valence-electron chi connectivity index (χ3n) is 7.76. The van der Waals surface area contributed by atoms with Crippen molar-refractivity contribution in [3.8, 4) is 5.75 Å². The highest BCUT2D eigenvalue weighted by Crippen LogP contribution is 2.34. The van der Waals surface area contributed by atoms with E-state index in [0.717, 1.165) is 55.2 Å². The summed E-state index contributed by atoms with van der Waals surface area (Å²) < 4.78 is 7.45. The number of methoxy groups -OCH3 is 1. The number of hydrogen-bond donors (Lipinski definition) is 1. The molecule has 2 amide bonds. The number of nitrogens with one attached hydrogen (secondary N) is 1. The van der Waals surface area contributed by atoms with Gasteiger partial charge in [-0.15, -0.1) is 0 Å². The molecular formula is C29H35N3O3. The molecule has 35 heavy (non-hydrogen) atoms. The fourth-order valence-corrected chi connectivity index (χ4v) is 5.68. The maximum atomic E-state index is 13.9. The summed E-state index contributed by atoms with van der Waals surface area (Å²) >= 11 is 0. The van der Waals surface area contributed by atoms with Crippen LogP contribution >= 0.6 is 0 Å². The first kappa shape index (κ1) is 23.5. The van der Waals surface area contributed by atoms with Gasteiger partial charge >= 0.3 is 0 Å². The van der Waals surface area contributed by atoms with Crippen LogP contribution in [0.25, 0.3) is 10.9 Å². The number of ether oxygens (including phenoxy) is 1. The molecule has 1 saturated carbocycles. The summed E-state index contributed by atoms with van der Waals surface area (Å²) in [7, 11) is 1.64. The highest BCUT2D eigenvalue weighted by atomic mass is 16.5. The van der Waals surface area contributed by atoms with Crippen LogP contribution in [0.15, 0.2) is 54.6 Å². The molecule has 6 heteroatoms. The van der Waals surface area contributed by atoms with E-state index in [1.165, 1.54) is 12.0 Å². The van der Waals surface area contributed by atoms with E-state index in [1.54, 1.807) is 7.11 Å². The maximum absolute atomic E-state index is 13.9.